The minimum Gasteiger partial charge on any atom is -0.495 e. The van der Waals surface area contributed by atoms with Crippen LogP contribution < -0.4 is 15.0 Å². The van der Waals surface area contributed by atoms with Crippen molar-refractivity contribution in [3.05, 3.63) is 59.1 Å². The van der Waals surface area contributed by atoms with Gasteiger partial charge in [-0.15, -0.1) is 0 Å². The third kappa shape index (κ3) is 5.20. The molecule has 7 heteroatoms. The van der Waals surface area contributed by atoms with Gasteiger partial charge < -0.3 is 15.0 Å². The Hall–Kier alpha value is -2.57. The molecule has 2 aliphatic heterocycles. The van der Waals surface area contributed by atoms with Gasteiger partial charge in [0.25, 0.3) is 0 Å². The van der Waals surface area contributed by atoms with E-state index in [2.05, 4.69) is 34.5 Å². The third-order valence-electron chi connectivity index (χ3n) is 6.13. The molecule has 0 unspecified atom stereocenters. The molecule has 0 saturated carbocycles. The Balaban J connectivity index is 1.28. The second-order valence-corrected chi connectivity index (χ2v) is 8.68. The highest BCUT2D eigenvalue weighted by molar-refractivity contribution is 6.32. The van der Waals surface area contributed by atoms with Crippen molar-refractivity contribution in [1.82, 2.24) is 10.2 Å². The molecule has 2 aromatic rings. The average Bonchev–Trinajstić information content (AvgIpc) is 3.17. The first kappa shape index (κ1) is 21.7. The van der Waals surface area contributed by atoms with Crippen molar-refractivity contribution in [3.8, 4) is 5.75 Å². The lowest BCUT2D eigenvalue weighted by molar-refractivity contribution is -0.127. The van der Waals surface area contributed by atoms with Crippen LogP contribution in [0.4, 0.5) is 5.69 Å². The fraction of sp³-hybridized carbons (Fsp3) is 0.417. The zero-order valence-corrected chi connectivity index (χ0v) is 18.5. The van der Waals surface area contributed by atoms with Gasteiger partial charge in [-0.05, 0) is 36.6 Å². The van der Waals surface area contributed by atoms with Crippen LogP contribution in [-0.4, -0.2) is 49.5 Å². The van der Waals surface area contributed by atoms with Gasteiger partial charge in [-0.3, -0.25) is 14.5 Å². The molecule has 1 N–H and O–H groups in total. The van der Waals surface area contributed by atoms with Crippen molar-refractivity contribution in [2.24, 2.45) is 5.92 Å². The summed E-state index contributed by atoms with van der Waals surface area (Å²) in [5.41, 5.74) is 2.01. The molecule has 0 aliphatic carbocycles. The number of benzene rings is 2. The highest BCUT2D eigenvalue weighted by Gasteiger charge is 2.36. The largest absolute Gasteiger partial charge is 0.495 e. The van der Waals surface area contributed by atoms with E-state index in [1.54, 1.807) is 30.2 Å². The Kier molecular flexibility index (Phi) is 6.78. The molecule has 0 spiro atoms. The normalized spacial score (nSPS) is 20.1. The number of nitrogens with one attached hydrogen (secondary N) is 1. The van der Waals surface area contributed by atoms with Crippen LogP contribution in [0.25, 0.3) is 0 Å². The zero-order chi connectivity index (χ0) is 21.8. The van der Waals surface area contributed by atoms with Crippen LogP contribution in [-0.2, 0) is 16.1 Å². The minimum atomic E-state index is -0.337. The summed E-state index contributed by atoms with van der Waals surface area (Å²) in [6.07, 6.45) is 2.08. The van der Waals surface area contributed by atoms with E-state index in [0.29, 0.717) is 23.0 Å². The number of methoxy groups -OCH3 is 1. The monoisotopic (exact) mass is 441 g/mol. The number of halogens is 1. The Morgan fingerprint density at radius 2 is 1.90 bits per heavy atom. The van der Waals surface area contributed by atoms with Crippen molar-refractivity contribution in [2.75, 3.05) is 31.6 Å². The van der Waals surface area contributed by atoms with Crippen LogP contribution in [0.15, 0.2) is 48.5 Å². The molecule has 2 heterocycles. The van der Waals surface area contributed by atoms with E-state index in [-0.39, 0.29) is 30.2 Å². The van der Waals surface area contributed by atoms with Gasteiger partial charge in [0.2, 0.25) is 11.8 Å². The Bertz CT molecular complexity index is 929. The first-order valence-electron chi connectivity index (χ1n) is 10.7. The van der Waals surface area contributed by atoms with Crippen molar-refractivity contribution < 1.29 is 14.3 Å². The molecular formula is C24H28ClN3O3. The van der Waals surface area contributed by atoms with E-state index in [1.807, 2.05) is 6.07 Å². The van der Waals surface area contributed by atoms with Crippen molar-refractivity contribution >= 4 is 29.1 Å². The molecule has 0 aromatic heterocycles. The van der Waals surface area contributed by atoms with Crippen LogP contribution in [0, 0.1) is 5.92 Å². The SMILES string of the molecule is COc1ccc(N2C[C@H](C(=O)NC3CCN(Cc4ccccc4)CC3)CC2=O)cc1Cl. The number of hydrogen-bond acceptors (Lipinski definition) is 4. The minimum absolute atomic E-state index is 0.0306. The fourth-order valence-electron chi connectivity index (χ4n) is 4.35. The molecule has 2 aliphatic rings. The van der Waals surface area contributed by atoms with Crippen molar-refractivity contribution in [2.45, 2.75) is 31.8 Å². The van der Waals surface area contributed by atoms with Gasteiger partial charge >= 0.3 is 0 Å². The van der Waals surface area contributed by atoms with Gasteiger partial charge in [0.1, 0.15) is 5.75 Å². The van der Waals surface area contributed by atoms with Gasteiger partial charge in [-0.2, -0.15) is 0 Å². The Labute approximate surface area is 188 Å². The molecule has 1 atom stereocenters. The summed E-state index contributed by atoms with van der Waals surface area (Å²) in [5, 5.41) is 3.62. The predicted octanol–water partition coefficient (Wildman–Crippen LogP) is 3.48. The van der Waals surface area contributed by atoms with Crippen molar-refractivity contribution in [3.63, 3.8) is 0 Å². The molecule has 4 rings (SSSR count). The van der Waals surface area contributed by atoms with E-state index in [0.717, 1.165) is 32.5 Å². The average molecular weight is 442 g/mol. The van der Waals surface area contributed by atoms with Gasteiger partial charge in [-0.1, -0.05) is 41.9 Å². The molecule has 31 heavy (non-hydrogen) atoms. The van der Waals surface area contributed by atoms with E-state index in [1.165, 1.54) is 5.56 Å². The smallest absolute Gasteiger partial charge is 0.227 e. The number of carbonyl (C=O) groups excluding carboxylic acids is 2. The lowest BCUT2D eigenvalue weighted by atomic mass is 10.0. The summed E-state index contributed by atoms with van der Waals surface area (Å²) in [6, 6.07) is 15.9. The van der Waals surface area contributed by atoms with E-state index < -0.39 is 0 Å². The molecule has 2 fully saturated rings. The second kappa shape index (κ2) is 9.71. The third-order valence-corrected chi connectivity index (χ3v) is 6.42. The Morgan fingerprint density at radius 1 is 1.16 bits per heavy atom. The number of hydrogen-bond donors (Lipinski definition) is 1. The molecule has 2 aromatic carbocycles. The van der Waals surface area contributed by atoms with Crippen LogP contribution in [0.5, 0.6) is 5.75 Å². The van der Waals surface area contributed by atoms with Gasteiger partial charge in [-0.25, -0.2) is 0 Å². The number of carbonyl (C=O) groups is 2. The van der Waals surface area contributed by atoms with Gasteiger partial charge in [0.15, 0.2) is 0 Å². The fourth-order valence-corrected chi connectivity index (χ4v) is 4.60. The summed E-state index contributed by atoms with van der Waals surface area (Å²) in [6.45, 7) is 3.23. The number of likely N-dealkylation sites (tertiary alicyclic amines) is 1. The molecule has 0 bridgehead atoms. The van der Waals surface area contributed by atoms with Crippen molar-refractivity contribution in [1.29, 1.82) is 0 Å². The van der Waals surface area contributed by atoms with Crippen LogP contribution >= 0.6 is 11.6 Å². The highest BCUT2D eigenvalue weighted by atomic mass is 35.5. The van der Waals surface area contributed by atoms with E-state index >= 15 is 0 Å². The summed E-state index contributed by atoms with van der Waals surface area (Å²) in [5.74, 6) is 0.136. The Morgan fingerprint density at radius 3 is 2.58 bits per heavy atom. The van der Waals surface area contributed by atoms with E-state index in [4.69, 9.17) is 16.3 Å². The van der Waals surface area contributed by atoms with Gasteiger partial charge in [0, 0.05) is 44.3 Å². The molecule has 6 nitrogen and oxygen atoms in total. The first-order valence-corrected chi connectivity index (χ1v) is 11.1. The summed E-state index contributed by atoms with van der Waals surface area (Å²) in [4.78, 5) is 29.4. The van der Waals surface area contributed by atoms with E-state index in [9.17, 15) is 9.59 Å². The maximum Gasteiger partial charge on any atom is 0.227 e. The standard InChI is InChI=1S/C24H28ClN3O3/c1-31-22-8-7-20(14-21(22)25)28-16-18(13-23(28)29)24(30)26-19-9-11-27(12-10-19)15-17-5-3-2-4-6-17/h2-8,14,18-19H,9-13,15-16H2,1H3,(H,26,30)/t18-/m1/s1. The molecule has 0 radical (unpaired) electrons. The molecular weight excluding hydrogens is 414 g/mol. The number of anilines is 1. The number of rotatable bonds is 6. The summed E-state index contributed by atoms with van der Waals surface area (Å²) < 4.78 is 5.17. The quantitative estimate of drug-likeness (QED) is 0.745. The van der Waals surface area contributed by atoms with Crippen LogP contribution in [0.3, 0.4) is 0 Å². The number of nitrogens with zero attached hydrogens (tertiary/aromatic N) is 2. The number of ether oxygens (including phenoxy) is 1. The van der Waals surface area contributed by atoms with Crippen LogP contribution in [0.1, 0.15) is 24.8 Å². The zero-order valence-electron chi connectivity index (χ0n) is 17.7. The molecule has 164 valence electrons. The van der Waals surface area contributed by atoms with Crippen LogP contribution in [0.2, 0.25) is 5.02 Å². The second-order valence-electron chi connectivity index (χ2n) is 8.27. The number of piperidine rings is 1. The predicted molar refractivity (Wildman–Crippen MR) is 121 cm³/mol. The summed E-state index contributed by atoms with van der Waals surface area (Å²) in [7, 11) is 1.55. The summed E-state index contributed by atoms with van der Waals surface area (Å²) >= 11 is 6.20. The molecule has 2 saturated heterocycles. The maximum atomic E-state index is 12.8. The maximum absolute atomic E-state index is 12.8. The lowest BCUT2D eigenvalue weighted by Gasteiger charge is -2.32. The topological polar surface area (TPSA) is 61.9 Å². The lowest BCUT2D eigenvalue weighted by Crippen LogP contribution is -2.46. The molecule has 2 amide bonds. The van der Waals surface area contributed by atoms with Gasteiger partial charge in [0.05, 0.1) is 18.1 Å². The highest BCUT2D eigenvalue weighted by Crippen LogP contribution is 2.32. The first-order chi connectivity index (χ1) is 15.0. The number of amides is 2.